The lowest BCUT2D eigenvalue weighted by Gasteiger charge is -2.28. The topological polar surface area (TPSA) is 75.1 Å². The molecule has 2 aliphatic heterocycles. The lowest BCUT2D eigenvalue weighted by Crippen LogP contribution is -2.36. The number of ether oxygens (including phenoxy) is 2. The van der Waals surface area contributed by atoms with E-state index in [9.17, 15) is 4.79 Å². The lowest BCUT2D eigenvalue weighted by atomic mass is 10.2. The fourth-order valence-corrected chi connectivity index (χ4v) is 2.37. The number of anilines is 1. The zero-order valence-electron chi connectivity index (χ0n) is 11.1. The fourth-order valence-electron chi connectivity index (χ4n) is 2.37. The van der Waals surface area contributed by atoms with Gasteiger partial charge in [0.2, 0.25) is 5.88 Å². The third-order valence-corrected chi connectivity index (χ3v) is 3.49. The molecule has 0 unspecified atom stereocenters. The van der Waals surface area contributed by atoms with Gasteiger partial charge in [0.05, 0.1) is 26.3 Å². The van der Waals surface area contributed by atoms with Gasteiger partial charge >= 0.3 is 6.09 Å². The summed E-state index contributed by atoms with van der Waals surface area (Å²) in [5.41, 5.74) is 0.807. The molecule has 3 heterocycles. The van der Waals surface area contributed by atoms with Crippen LogP contribution in [0.3, 0.4) is 0 Å². The molecule has 0 aliphatic carbocycles. The number of pyridine rings is 1. The van der Waals surface area contributed by atoms with Crippen molar-refractivity contribution in [3.63, 3.8) is 0 Å². The van der Waals surface area contributed by atoms with Gasteiger partial charge in [0.1, 0.15) is 12.4 Å². The van der Waals surface area contributed by atoms with Crippen LogP contribution in [0, 0.1) is 0 Å². The van der Waals surface area contributed by atoms with Crippen LogP contribution in [-0.2, 0) is 11.3 Å². The molecule has 1 aromatic heterocycles. The first-order valence-electron chi connectivity index (χ1n) is 6.67. The van der Waals surface area contributed by atoms with E-state index < -0.39 is 6.09 Å². The van der Waals surface area contributed by atoms with Gasteiger partial charge in [-0.05, 0) is 12.1 Å². The third-order valence-electron chi connectivity index (χ3n) is 3.49. The van der Waals surface area contributed by atoms with E-state index in [-0.39, 0.29) is 0 Å². The number of rotatable bonds is 1. The molecular weight excluding hydrogens is 262 g/mol. The van der Waals surface area contributed by atoms with Crippen molar-refractivity contribution < 1.29 is 19.4 Å². The standard InChI is InChI=1S/C13H17N3O4/c17-13(18)16-5-8-20-12-10(9-16)1-2-11(14-12)15-3-6-19-7-4-15/h1-2H,3-9H2,(H,17,18). The van der Waals surface area contributed by atoms with E-state index in [2.05, 4.69) is 9.88 Å². The zero-order chi connectivity index (χ0) is 13.9. The molecule has 2 aliphatic rings. The van der Waals surface area contributed by atoms with Gasteiger partial charge in [-0.3, -0.25) is 0 Å². The molecule has 20 heavy (non-hydrogen) atoms. The minimum atomic E-state index is -0.932. The summed E-state index contributed by atoms with van der Waals surface area (Å²) in [6.07, 6.45) is -0.932. The first-order valence-corrected chi connectivity index (χ1v) is 6.67. The minimum absolute atomic E-state index is 0.320. The highest BCUT2D eigenvalue weighted by Crippen LogP contribution is 2.25. The maximum atomic E-state index is 11.1. The highest BCUT2D eigenvalue weighted by Gasteiger charge is 2.21. The summed E-state index contributed by atoms with van der Waals surface area (Å²) in [6.45, 7) is 4.04. The molecule has 108 valence electrons. The Labute approximate surface area is 116 Å². The number of fused-ring (bicyclic) bond motifs is 1. The number of carboxylic acid groups (broad SMARTS) is 1. The van der Waals surface area contributed by atoms with Crippen LogP contribution in [-0.4, -0.2) is 60.5 Å². The average Bonchev–Trinajstić information content (AvgIpc) is 2.69. The summed E-state index contributed by atoms with van der Waals surface area (Å²) < 4.78 is 10.9. The fraction of sp³-hybridized carbons (Fsp3) is 0.538. The summed E-state index contributed by atoms with van der Waals surface area (Å²) in [5.74, 6) is 1.40. The van der Waals surface area contributed by atoms with E-state index in [0.29, 0.717) is 38.8 Å². The van der Waals surface area contributed by atoms with Crippen LogP contribution < -0.4 is 9.64 Å². The highest BCUT2D eigenvalue weighted by atomic mass is 16.5. The summed E-state index contributed by atoms with van der Waals surface area (Å²) in [5, 5.41) is 9.08. The van der Waals surface area contributed by atoms with Gasteiger partial charge in [0.15, 0.2) is 0 Å². The second kappa shape index (κ2) is 5.54. The molecule has 1 fully saturated rings. The quantitative estimate of drug-likeness (QED) is 0.819. The maximum absolute atomic E-state index is 11.1. The van der Waals surface area contributed by atoms with Crippen LogP contribution in [0.15, 0.2) is 12.1 Å². The molecule has 7 heteroatoms. The second-order valence-corrected chi connectivity index (χ2v) is 4.79. The Bertz CT molecular complexity index is 502. The van der Waals surface area contributed by atoms with Crippen LogP contribution in [0.5, 0.6) is 5.88 Å². The van der Waals surface area contributed by atoms with Crippen molar-refractivity contribution in [1.29, 1.82) is 0 Å². The molecule has 1 aromatic rings. The first kappa shape index (κ1) is 13.0. The predicted molar refractivity (Wildman–Crippen MR) is 71.2 cm³/mol. The van der Waals surface area contributed by atoms with Crippen molar-refractivity contribution in [3.05, 3.63) is 17.7 Å². The molecule has 0 spiro atoms. The molecule has 3 rings (SSSR count). The van der Waals surface area contributed by atoms with Gasteiger partial charge < -0.3 is 24.4 Å². The Balaban J connectivity index is 1.82. The van der Waals surface area contributed by atoms with E-state index in [1.54, 1.807) is 0 Å². The minimum Gasteiger partial charge on any atom is -0.475 e. The number of carbonyl (C=O) groups is 1. The Hall–Kier alpha value is -2.02. The summed E-state index contributed by atoms with van der Waals surface area (Å²) >= 11 is 0. The zero-order valence-corrected chi connectivity index (χ0v) is 11.1. The smallest absolute Gasteiger partial charge is 0.407 e. The van der Waals surface area contributed by atoms with Gasteiger partial charge in [-0.15, -0.1) is 0 Å². The first-order chi connectivity index (χ1) is 9.74. The van der Waals surface area contributed by atoms with Crippen LogP contribution in [0.1, 0.15) is 5.56 Å². The van der Waals surface area contributed by atoms with Crippen molar-refractivity contribution >= 4 is 11.9 Å². The molecular formula is C13H17N3O4. The van der Waals surface area contributed by atoms with Crippen LogP contribution >= 0.6 is 0 Å². The molecule has 0 radical (unpaired) electrons. The Morgan fingerprint density at radius 2 is 2.00 bits per heavy atom. The number of amides is 1. The Kier molecular flexibility index (Phi) is 3.60. The van der Waals surface area contributed by atoms with Crippen molar-refractivity contribution in [2.24, 2.45) is 0 Å². The third kappa shape index (κ3) is 2.62. The van der Waals surface area contributed by atoms with Gasteiger partial charge in [-0.2, -0.15) is 4.98 Å². The van der Waals surface area contributed by atoms with Gasteiger partial charge in [-0.25, -0.2) is 4.79 Å². The van der Waals surface area contributed by atoms with Crippen LogP contribution in [0.25, 0.3) is 0 Å². The van der Waals surface area contributed by atoms with Crippen molar-refractivity contribution in [1.82, 2.24) is 9.88 Å². The largest absolute Gasteiger partial charge is 0.475 e. The lowest BCUT2D eigenvalue weighted by molar-refractivity contribution is 0.122. The van der Waals surface area contributed by atoms with Gasteiger partial charge in [-0.1, -0.05) is 0 Å². The number of hydrogen-bond acceptors (Lipinski definition) is 5. The van der Waals surface area contributed by atoms with E-state index in [0.717, 1.165) is 24.5 Å². The number of aromatic nitrogens is 1. The molecule has 0 atom stereocenters. The van der Waals surface area contributed by atoms with Crippen molar-refractivity contribution in [3.8, 4) is 5.88 Å². The molecule has 1 amide bonds. The average molecular weight is 279 g/mol. The number of morpholine rings is 1. The molecule has 7 nitrogen and oxygen atoms in total. The molecule has 0 bridgehead atoms. The van der Waals surface area contributed by atoms with Gasteiger partial charge in [0, 0.05) is 18.7 Å². The Morgan fingerprint density at radius 3 is 2.75 bits per heavy atom. The van der Waals surface area contributed by atoms with Gasteiger partial charge in [0.25, 0.3) is 0 Å². The van der Waals surface area contributed by atoms with E-state index in [1.807, 2.05) is 12.1 Å². The predicted octanol–water partition coefficient (Wildman–Crippen LogP) is 0.791. The van der Waals surface area contributed by atoms with Crippen LogP contribution in [0.2, 0.25) is 0 Å². The summed E-state index contributed by atoms with van der Waals surface area (Å²) in [7, 11) is 0. The number of nitrogens with zero attached hydrogens (tertiary/aromatic N) is 3. The summed E-state index contributed by atoms with van der Waals surface area (Å²) in [4.78, 5) is 19.1. The SMILES string of the molecule is O=C(O)N1CCOc2nc(N3CCOCC3)ccc2C1. The van der Waals surface area contributed by atoms with E-state index in [1.165, 1.54) is 4.90 Å². The second-order valence-electron chi connectivity index (χ2n) is 4.79. The normalized spacial score (nSPS) is 19.0. The maximum Gasteiger partial charge on any atom is 0.407 e. The molecule has 1 saturated heterocycles. The van der Waals surface area contributed by atoms with E-state index >= 15 is 0 Å². The molecule has 0 aromatic carbocycles. The van der Waals surface area contributed by atoms with Crippen molar-refractivity contribution in [2.75, 3.05) is 44.4 Å². The summed E-state index contributed by atoms with van der Waals surface area (Å²) in [6, 6.07) is 3.81. The van der Waals surface area contributed by atoms with Crippen LogP contribution in [0.4, 0.5) is 10.6 Å². The highest BCUT2D eigenvalue weighted by molar-refractivity contribution is 5.65. The monoisotopic (exact) mass is 279 g/mol. The van der Waals surface area contributed by atoms with Crippen molar-refractivity contribution in [2.45, 2.75) is 6.54 Å². The number of hydrogen-bond donors (Lipinski definition) is 1. The molecule has 1 N–H and O–H groups in total. The molecule has 0 saturated carbocycles. The van der Waals surface area contributed by atoms with E-state index in [4.69, 9.17) is 14.6 Å². The Morgan fingerprint density at radius 1 is 1.20 bits per heavy atom.